The average molecular weight is 465 g/mol. The first-order valence-corrected chi connectivity index (χ1v) is 12.5. The number of ether oxygens (including phenoxy) is 1. The topological polar surface area (TPSA) is 76.1 Å². The fraction of sp³-hybridized carbons (Fsp3) is 0.423. The Hall–Kier alpha value is -2.77. The van der Waals surface area contributed by atoms with Gasteiger partial charge in [0.2, 0.25) is 0 Å². The highest BCUT2D eigenvalue weighted by molar-refractivity contribution is 7.05. The van der Waals surface area contributed by atoms with Crippen LogP contribution in [0.3, 0.4) is 0 Å². The molecule has 0 fully saturated rings. The van der Waals surface area contributed by atoms with E-state index in [4.69, 9.17) is 4.74 Å². The van der Waals surface area contributed by atoms with Gasteiger partial charge in [0.1, 0.15) is 5.75 Å². The highest BCUT2D eigenvalue weighted by Gasteiger charge is 2.15. The highest BCUT2D eigenvalue weighted by Crippen LogP contribution is 2.25. The van der Waals surface area contributed by atoms with E-state index in [0.29, 0.717) is 18.7 Å². The Balaban J connectivity index is 1.53. The molecule has 0 saturated heterocycles. The summed E-state index contributed by atoms with van der Waals surface area (Å²) in [7, 11) is 0. The minimum atomic E-state index is -0.0988. The zero-order chi connectivity index (χ0) is 23.0. The van der Waals surface area contributed by atoms with Crippen LogP contribution >= 0.6 is 11.5 Å². The molecule has 1 aliphatic rings. The zero-order valence-corrected chi connectivity index (χ0v) is 20.2. The SMILES string of the molecule is CC(C)c1nnsc1CNC(=O)c1ccc2c(c1)Cc1cccc(c1)CNCCCCCO2. The number of nitrogens with zero attached hydrogens (tertiary/aromatic N) is 2. The van der Waals surface area contributed by atoms with E-state index in [1.165, 1.54) is 22.7 Å². The summed E-state index contributed by atoms with van der Waals surface area (Å²) in [5, 5.41) is 10.8. The Bertz CT molecular complexity index is 1080. The number of hydrogen-bond acceptors (Lipinski definition) is 6. The lowest BCUT2D eigenvalue weighted by atomic mass is 9.99. The molecule has 0 aliphatic carbocycles. The lowest BCUT2D eigenvalue weighted by Gasteiger charge is -2.15. The normalized spacial score (nSPS) is 14.8. The quantitative estimate of drug-likeness (QED) is 0.578. The van der Waals surface area contributed by atoms with Crippen LogP contribution in [0.2, 0.25) is 0 Å². The van der Waals surface area contributed by atoms with Crippen molar-refractivity contribution in [2.45, 2.75) is 58.5 Å². The van der Waals surface area contributed by atoms with E-state index < -0.39 is 0 Å². The first kappa shape index (κ1) is 23.4. The van der Waals surface area contributed by atoms with Crippen LogP contribution in [-0.4, -0.2) is 28.6 Å². The zero-order valence-electron chi connectivity index (χ0n) is 19.4. The van der Waals surface area contributed by atoms with E-state index in [0.717, 1.165) is 60.7 Å². The van der Waals surface area contributed by atoms with Gasteiger partial charge in [-0.2, -0.15) is 0 Å². The van der Waals surface area contributed by atoms with E-state index >= 15 is 0 Å². The second-order valence-corrected chi connectivity index (χ2v) is 9.66. The smallest absolute Gasteiger partial charge is 0.251 e. The number of fused-ring (bicyclic) bond motifs is 3. The van der Waals surface area contributed by atoms with E-state index in [9.17, 15) is 4.79 Å². The maximum atomic E-state index is 12.9. The summed E-state index contributed by atoms with van der Waals surface area (Å²) in [6, 6.07) is 14.4. The van der Waals surface area contributed by atoms with Crippen LogP contribution in [0.25, 0.3) is 0 Å². The van der Waals surface area contributed by atoms with Crippen LogP contribution in [0.4, 0.5) is 0 Å². The second-order valence-electron chi connectivity index (χ2n) is 8.82. The van der Waals surface area contributed by atoms with Gasteiger partial charge in [-0.3, -0.25) is 4.79 Å². The number of carbonyl (C=O) groups is 1. The van der Waals surface area contributed by atoms with Gasteiger partial charge >= 0.3 is 0 Å². The summed E-state index contributed by atoms with van der Waals surface area (Å²) in [6.07, 6.45) is 4.02. The van der Waals surface area contributed by atoms with Gasteiger partial charge in [-0.05, 0) is 78.1 Å². The molecule has 2 N–H and O–H groups in total. The number of aromatic nitrogens is 2. The first-order valence-electron chi connectivity index (χ1n) is 11.7. The molecule has 3 aromatic rings. The number of rotatable bonds is 4. The molecule has 4 rings (SSSR count). The minimum Gasteiger partial charge on any atom is -0.493 e. The van der Waals surface area contributed by atoms with E-state index in [1.807, 2.05) is 18.2 Å². The molecule has 1 aromatic heterocycles. The fourth-order valence-corrected chi connectivity index (χ4v) is 4.79. The van der Waals surface area contributed by atoms with Gasteiger partial charge in [-0.1, -0.05) is 42.6 Å². The third kappa shape index (κ3) is 6.39. The van der Waals surface area contributed by atoms with Gasteiger partial charge < -0.3 is 15.4 Å². The first-order chi connectivity index (χ1) is 16.1. The van der Waals surface area contributed by atoms with E-state index in [2.05, 4.69) is 58.3 Å². The molecule has 7 heteroatoms. The Morgan fingerprint density at radius 2 is 2.03 bits per heavy atom. The molecule has 0 saturated carbocycles. The summed E-state index contributed by atoms with van der Waals surface area (Å²) in [6.45, 7) is 7.20. The highest BCUT2D eigenvalue weighted by atomic mass is 32.1. The molecular weight excluding hydrogens is 432 g/mol. The Morgan fingerprint density at radius 3 is 2.91 bits per heavy atom. The minimum absolute atomic E-state index is 0.0988. The van der Waals surface area contributed by atoms with Crippen molar-refractivity contribution >= 4 is 17.4 Å². The van der Waals surface area contributed by atoms with Crippen LogP contribution < -0.4 is 15.4 Å². The van der Waals surface area contributed by atoms with Crippen LogP contribution in [0, 0.1) is 0 Å². The average Bonchev–Trinajstić information content (AvgIpc) is 3.29. The number of amides is 1. The van der Waals surface area contributed by atoms with Gasteiger partial charge in [0.05, 0.1) is 23.7 Å². The molecule has 2 bridgehead atoms. The summed E-state index contributed by atoms with van der Waals surface area (Å²) in [4.78, 5) is 14.0. The third-order valence-corrected chi connectivity index (χ3v) is 6.57. The van der Waals surface area contributed by atoms with Crippen molar-refractivity contribution in [2.24, 2.45) is 0 Å². The van der Waals surface area contributed by atoms with Crippen molar-refractivity contribution in [1.29, 1.82) is 0 Å². The Kier molecular flexibility index (Phi) is 8.07. The predicted octanol–water partition coefficient (Wildman–Crippen LogP) is 4.83. The van der Waals surface area contributed by atoms with Crippen molar-refractivity contribution in [2.75, 3.05) is 13.2 Å². The summed E-state index contributed by atoms with van der Waals surface area (Å²) in [5.41, 5.74) is 5.12. The van der Waals surface area contributed by atoms with Gasteiger partial charge in [0.15, 0.2) is 0 Å². The molecule has 2 aromatic carbocycles. The largest absolute Gasteiger partial charge is 0.493 e. The fourth-order valence-electron chi connectivity index (χ4n) is 4.05. The molecule has 0 unspecified atom stereocenters. The van der Waals surface area contributed by atoms with Crippen molar-refractivity contribution in [3.05, 3.63) is 75.3 Å². The van der Waals surface area contributed by atoms with Crippen LogP contribution in [0.1, 0.15) is 76.6 Å². The molecule has 2 heterocycles. The molecule has 6 nitrogen and oxygen atoms in total. The maximum Gasteiger partial charge on any atom is 0.251 e. The molecule has 0 atom stereocenters. The third-order valence-electron chi connectivity index (χ3n) is 5.83. The van der Waals surface area contributed by atoms with E-state index in [-0.39, 0.29) is 11.8 Å². The standard InChI is InChI=1S/C26H32N4O2S/c1-18(2)25-24(33-30-29-25)17-28-26(31)21-9-10-23-22(15-21)14-19-7-6-8-20(13-19)16-27-11-4-3-5-12-32-23/h6-10,13,15,18,27H,3-5,11-12,14,16-17H2,1-2H3,(H,28,31). The van der Waals surface area contributed by atoms with E-state index in [1.54, 1.807) is 0 Å². The summed E-state index contributed by atoms with van der Waals surface area (Å²) >= 11 is 1.34. The van der Waals surface area contributed by atoms with Crippen molar-refractivity contribution in [3.8, 4) is 5.75 Å². The molecule has 0 radical (unpaired) electrons. The number of benzene rings is 2. The maximum absolute atomic E-state index is 12.9. The van der Waals surface area contributed by atoms with Gasteiger partial charge in [-0.15, -0.1) is 5.10 Å². The van der Waals surface area contributed by atoms with Gasteiger partial charge in [0, 0.05) is 18.5 Å². The lowest BCUT2D eigenvalue weighted by molar-refractivity contribution is 0.0951. The number of carbonyl (C=O) groups excluding carboxylic acids is 1. The molecule has 1 aliphatic heterocycles. The molecule has 0 spiro atoms. The molecule has 33 heavy (non-hydrogen) atoms. The Labute approximate surface area is 199 Å². The molecular formula is C26H32N4O2S. The number of nitrogens with one attached hydrogen (secondary N) is 2. The Morgan fingerprint density at radius 1 is 1.15 bits per heavy atom. The summed E-state index contributed by atoms with van der Waals surface area (Å²) < 4.78 is 10.2. The monoisotopic (exact) mass is 464 g/mol. The predicted molar refractivity (Wildman–Crippen MR) is 132 cm³/mol. The summed E-state index contributed by atoms with van der Waals surface area (Å²) in [5.74, 6) is 1.05. The van der Waals surface area contributed by atoms with Gasteiger partial charge in [-0.25, -0.2) is 0 Å². The molecule has 1 amide bonds. The van der Waals surface area contributed by atoms with Crippen molar-refractivity contribution in [1.82, 2.24) is 20.2 Å². The van der Waals surface area contributed by atoms with Crippen LogP contribution in [0.15, 0.2) is 42.5 Å². The van der Waals surface area contributed by atoms with Crippen LogP contribution in [-0.2, 0) is 19.5 Å². The van der Waals surface area contributed by atoms with Crippen molar-refractivity contribution < 1.29 is 9.53 Å². The lowest BCUT2D eigenvalue weighted by Crippen LogP contribution is -2.23. The van der Waals surface area contributed by atoms with Crippen molar-refractivity contribution in [3.63, 3.8) is 0 Å². The van der Waals surface area contributed by atoms with Crippen LogP contribution in [0.5, 0.6) is 5.75 Å². The second kappa shape index (κ2) is 11.4. The number of hydrogen-bond donors (Lipinski definition) is 2. The molecule has 174 valence electrons. The van der Waals surface area contributed by atoms with Gasteiger partial charge in [0.25, 0.3) is 5.91 Å².